The maximum Gasteiger partial charge on any atom is 0.409 e. The predicted octanol–water partition coefficient (Wildman–Crippen LogP) is 3.23. The largest absolute Gasteiger partial charge is 0.493 e. The summed E-state index contributed by atoms with van der Waals surface area (Å²) in [6.07, 6.45) is -0.394. The lowest BCUT2D eigenvalue weighted by atomic mass is 10.1. The Morgan fingerprint density at radius 3 is 2.37 bits per heavy atom. The predicted molar refractivity (Wildman–Crippen MR) is 75.8 cm³/mol. The van der Waals surface area contributed by atoms with Gasteiger partial charge in [-0.05, 0) is 34.5 Å². The van der Waals surface area contributed by atoms with Crippen LogP contribution in [-0.2, 0) is 4.74 Å². The molecule has 0 saturated heterocycles. The number of carbonyl (C=O) groups excluding carboxylic acids is 1. The minimum atomic E-state index is -0.394. The smallest absolute Gasteiger partial charge is 0.409 e. The summed E-state index contributed by atoms with van der Waals surface area (Å²) >= 11 is 3.49. The highest BCUT2D eigenvalue weighted by molar-refractivity contribution is 9.10. The number of methoxy groups -OCH3 is 3. The molecule has 6 heteroatoms. The molecule has 1 amide bonds. The molecule has 0 unspecified atom stereocenters. The monoisotopic (exact) mass is 331 g/mol. The molecule has 0 aliphatic heterocycles. The number of nitrogens with zero attached hydrogens (tertiary/aromatic N) is 1. The number of benzene rings is 1. The molecule has 1 aromatic carbocycles. The molecule has 0 aliphatic rings. The Morgan fingerprint density at radius 2 is 1.89 bits per heavy atom. The van der Waals surface area contributed by atoms with Crippen LogP contribution in [0.3, 0.4) is 0 Å². The van der Waals surface area contributed by atoms with Crippen LogP contribution in [-0.4, -0.2) is 39.4 Å². The van der Waals surface area contributed by atoms with Gasteiger partial charge in [0.15, 0.2) is 11.5 Å². The van der Waals surface area contributed by atoms with Crippen LogP contribution in [0.15, 0.2) is 16.6 Å². The molecular formula is C13H18BrNO4. The molecule has 0 radical (unpaired) electrons. The van der Waals surface area contributed by atoms with Crippen LogP contribution in [0.2, 0.25) is 0 Å². The SMILES string of the molecule is COC(=O)N(C)[C@@H](C)c1ccc(OC)c(OC)c1Br. The number of ether oxygens (including phenoxy) is 3. The molecule has 0 spiro atoms. The molecule has 1 aromatic rings. The topological polar surface area (TPSA) is 48.0 Å². The molecule has 0 heterocycles. The molecule has 0 bridgehead atoms. The first-order valence-corrected chi connectivity index (χ1v) is 6.48. The minimum Gasteiger partial charge on any atom is -0.493 e. The lowest BCUT2D eigenvalue weighted by Crippen LogP contribution is -2.29. The third-order valence-electron chi connectivity index (χ3n) is 3.01. The summed E-state index contributed by atoms with van der Waals surface area (Å²) < 4.78 is 16.0. The Morgan fingerprint density at radius 1 is 1.26 bits per heavy atom. The van der Waals surface area contributed by atoms with Crippen molar-refractivity contribution in [1.82, 2.24) is 4.90 Å². The first-order valence-electron chi connectivity index (χ1n) is 5.69. The van der Waals surface area contributed by atoms with Gasteiger partial charge < -0.3 is 19.1 Å². The fraction of sp³-hybridized carbons (Fsp3) is 0.462. The standard InChI is InChI=1S/C13H18BrNO4/c1-8(15(2)13(16)19-5)9-6-7-10(17-3)12(18-4)11(9)14/h6-8H,1-5H3/t8-/m0/s1. The Labute approximate surface area is 121 Å². The van der Waals surface area contributed by atoms with Crippen molar-refractivity contribution < 1.29 is 19.0 Å². The van der Waals surface area contributed by atoms with Crippen molar-refractivity contribution in [2.75, 3.05) is 28.4 Å². The van der Waals surface area contributed by atoms with Gasteiger partial charge in [-0.3, -0.25) is 0 Å². The first kappa shape index (κ1) is 15.6. The summed E-state index contributed by atoms with van der Waals surface area (Å²) in [5.74, 6) is 1.23. The van der Waals surface area contributed by atoms with E-state index in [-0.39, 0.29) is 6.04 Å². The highest BCUT2D eigenvalue weighted by atomic mass is 79.9. The van der Waals surface area contributed by atoms with Gasteiger partial charge in [-0.25, -0.2) is 4.79 Å². The first-order chi connectivity index (χ1) is 8.97. The molecule has 0 fully saturated rings. The van der Waals surface area contributed by atoms with Crippen molar-refractivity contribution in [3.05, 3.63) is 22.2 Å². The number of amides is 1. The molecule has 0 aromatic heterocycles. The van der Waals surface area contributed by atoms with Gasteiger partial charge in [0, 0.05) is 7.05 Å². The van der Waals surface area contributed by atoms with Crippen LogP contribution in [0.4, 0.5) is 4.79 Å². The number of carbonyl (C=O) groups is 1. The summed E-state index contributed by atoms with van der Waals surface area (Å²) in [5.41, 5.74) is 0.908. The highest BCUT2D eigenvalue weighted by Gasteiger charge is 2.22. The number of hydrogen-bond donors (Lipinski definition) is 0. The third-order valence-corrected chi connectivity index (χ3v) is 3.83. The lowest BCUT2D eigenvalue weighted by Gasteiger charge is -2.25. The second kappa shape index (κ2) is 6.65. The van der Waals surface area contributed by atoms with Crippen LogP contribution in [0.5, 0.6) is 11.5 Å². The van der Waals surface area contributed by atoms with E-state index in [9.17, 15) is 4.79 Å². The molecular weight excluding hydrogens is 314 g/mol. The van der Waals surface area contributed by atoms with Crippen LogP contribution in [0.1, 0.15) is 18.5 Å². The molecule has 0 saturated carbocycles. The van der Waals surface area contributed by atoms with Gasteiger partial charge in [-0.1, -0.05) is 6.07 Å². The van der Waals surface area contributed by atoms with Gasteiger partial charge in [0.1, 0.15) is 0 Å². The van der Waals surface area contributed by atoms with E-state index in [0.29, 0.717) is 11.5 Å². The molecule has 5 nitrogen and oxygen atoms in total. The van der Waals surface area contributed by atoms with E-state index in [2.05, 4.69) is 15.9 Å². The lowest BCUT2D eigenvalue weighted by molar-refractivity contribution is 0.120. The summed E-state index contributed by atoms with van der Waals surface area (Å²) in [5, 5.41) is 0. The van der Waals surface area contributed by atoms with Gasteiger partial charge in [0.2, 0.25) is 0 Å². The van der Waals surface area contributed by atoms with E-state index < -0.39 is 6.09 Å². The summed E-state index contributed by atoms with van der Waals surface area (Å²) in [6, 6.07) is 3.53. The van der Waals surface area contributed by atoms with E-state index in [1.807, 2.05) is 13.0 Å². The quantitative estimate of drug-likeness (QED) is 0.849. The van der Waals surface area contributed by atoms with Gasteiger partial charge in [0.25, 0.3) is 0 Å². The van der Waals surface area contributed by atoms with Crippen molar-refractivity contribution in [1.29, 1.82) is 0 Å². The van der Waals surface area contributed by atoms with Gasteiger partial charge in [-0.15, -0.1) is 0 Å². The highest BCUT2D eigenvalue weighted by Crippen LogP contribution is 2.40. The Bertz CT molecular complexity index is 464. The Kier molecular flexibility index (Phi) is 5.47. The van der Waals surface area contributed by atoms with Crippen LogP contribution in [0, 0.1) is 0 Å². The van der Waals surface area contributed by atoms with Gasteiger partial charge in [0.05, 0.1) is 31.8 Å². The second-order valence-electron chi connectivity index (χ2n) is 3.96. The second-order valence-corrected chi connectivity index (χ2v) is 4.75. The zero-order valence-corrected chi connectivity index (χ0v) is 13.3. The number of halogens is 1. The molecule has 1 rings (SSSR count). The Balaban J connectivity index is 3.17. The fourth-order valence-electron chi connectivity index (χ4n) is 1.74. The molecule has 19 heavy (non-hydrogen) atoms. The normalized spacial score (nSPS) is 11.7. The van der Waals surface area contributed by atoms with Gasteiger partial charge >= 0.3 is 6.09 Å². The maximum absolute atomic E-state index is 11.5. The number of hydrogen-bond acceptors (Lipinski definition) is 4. The average molecular weight is 332 g/mol. The van der Waals surface area contributed by atoms with E-state index >= 15 is 0 Å². The minimum absolute atomic E-state index is 0.165. The van der Waals surface area contributed by atoms with Crippen molar-refractivity contribution in [2.45, 2.75) is 13.0 Å². The van der Waals surface area contributed by atoms with E-state index in [0.717, 1.165) is 10.0 Å². The van der Waals surface area contributed by atoms with E-state index in [1.54, 1.807) is 27.3 Å². The summed E-state index contributed by atoms with van der Waals surface area (Å²) in [6.45, 7) is 1.91. The van der Waals surface area contributed by atoms with Crippen molar-refractivity contribution in [3.63, 3.8) is 0 Å². The van der Waals surface area contributed by atoms with Crippen molar-refractivity contribution in [3.8, 4) is 11.5 Å². The van der Waals surface area contributed by atoms with Gasteiger partial charge in [-0.2, -0.15) is 0 Å². The van der Waals surface area contributed by atoms with Crippen molar-refractivity contribution >= 4 is 22.0 Å². The zero-order chi connectivity index (χ0) is 14.6. The van der Waals surface area contributed by atoms with E-state index in [1.165, 1.54) is 12.0 Å². The third kappa shape index (κ3) is 3.12. The number of rotatable bonds is 4. The fourth-order valence-corrected chi connectivity index (χ4v) is 2.56. The molecule has 0 N–H and O–H groups in total. The maximum atomic E-state index is 11.5. The van der Waals surface area contributed by atoms with Crippen LogP contribution >= 0.6 is 15.9 Å². The zero-order valence-electron chi connectivity index (χ0n) is 11.7. The Hall–Kier alpha value is -1.43. The van der Waals surface area contributed by atoms with E-state index in [4.69, 9.17) is 14.2 Å². The molecule has 0 aliphatic carbocycles. The van der Waals surface area contributed by atoms with Crippen LogP contribution < -0.4 is 9.47 Å². The van der Waals surface area contributed by atoms with Crippen molar-refractivity contribution in [2.24, 2.45) is 0 Å². The molecule has 106 valence electrons. The average Bonchev–Trinajstić information content (AvgIpc) is 2.44. The molecule has 1 atom stereocenters. The van der Waals surface area contributed by atoms with Crippen LogP contribution in [0.25, 0.3) is 0 Å². The summed E-state index contributed by atoms with van der Waals surface area (Å²) in [4.78, 5) is 13.1. The summed E-state index contributed by atoms with van der Waals surface area (Å²) in [7, 11) is 6.18.